The molecule has 1 fully saturated rings. The van der Waals surface area contributed by atoms with E-state index in [1.165, 1.54) is 43.9 Å². The van der Waals surface area contributed by atoms with Crippen LogP contribution in [0.3, 0.4) is 0 Å². The van der Waals surface area contributed by atoms with Crippen molar-refractivity contribution < 1.29 is 42.0 Å². The fraction of sp³-hybridized carbons (Fsp3) is 0.576. The van der Waals surface area contributed by atoms with Crippen LogP contribution in [0.15, 0.2) is 42.5 Å². The summed E-state index contributed by atoms with van der Waals surface area (Å²) in [6.45, 7) is 4.66. The molecule has 1 aliphatic rings. The summed E-state index contributed by atoms with van der Waals surface area (Å²) in [5.41, 5.74) is 3.60. The molecule has 0 bridgehead atoms. The van der Waals surface area contributed by atoms with E-state index in [0.717, 1.165) is 36.0 Å². The van der Waals surface area contributed by atoms with Gasteiger partial charge in [0.05, 0.1) is 17.8 Å². The number of nitrogens with zero attached hydrogens (tertiary/aromatic N) is 1. The molecule has 10 heteroatoms. The van der Waals surface area contributed by atoms with Crippen molar-refractivity contribution in [3.05, 3.63) is 59.2 Å². The third-order valence-corrected chi connectivity index (χ3v) is 10.8. The number of rotatable bonds is 17. The van der Waals surface area contributed by atoms with Crippen LogP contribution in [0.2, 0.25) is 0 Å². The minimum absolute atomic E-state index is 0. The van der Waals surface area contributed by atoms with Crippen LogP contribution < -0.4 is 29.3 Å². The molecule has 0 aliphatic heterocycles. The second kappa shape index (κ2) is 18.9. The molecule has 2 aromatic rings. The number of aryl methyl sites for hydroxylation is 1. The average molecular weight is 623 g/mol. The monoisotopic (exact) mass is 622 g/mol. The Bertz CT molecular complexity index is 1280. The third-order valence-electron chi connectivity index (χ3n) is 8.22. The first-order valence-electron chi connectivity index (χ1n) is 15.3. The van der Waals surface area contributed by atoms with Crippen molar-refractivity contribution in [2.24, 2.45) is 5.92 Å². The Morgan fingerprint density at radius 2 is 1.79 bits per heavy atom. The molecule has 1 aliphatic carbocycles. The van der Waals surface area contributed by atoms with Crippen molar-refractivity contribution >= 4 is 33.7 Å². The van der Waals surface area contributed by atoms with Gasteiger partial charge in [0.25, 0.3) is 5.91 Å². The zero-order chi connectivity index (χ0) is 30.5. The van der Waals surface area contributed by atoms with Crippen LogP contribution in [0.1, 0.15) is 92.6 Å². The number of carboxylic acids is 1. The summed E-state index contributed by atoms with van der Waals surface area (Å²) < 4.78 is 28.5. The number of carbonyl (C=O) groups excluding carboxylic acids is 2. The average Bonchev–Trinajstić information content (AvgIpc) is 2.98. The maximum absolute atomic E-state index is 13.4. The first-order chi connectivity index (χ1) is 20.2. The van der Waals surface area contributed by atoms with Crippen LogP contribution in [0, 0.1) is 12.8 Å². The van der Waals surface area contributed by atoms with Crippen molar-refractivity contribution in [3.8, 4) is 11.1 Å². The zero-order valence-electron chi connectivity index (χ0n) is 26.4. The Balaban J connectivity index is 0.00000645. The predicted octanol–water partition coefficient (Wildman–Crippen LogP) is 2.56. The molecule has 0 saturated heterocycles. The maximum Gasteiger partial charge on any atom is 1.00 e. The van der Waals surface area contributed by atoms with E-state index in [9.17, 15) is 23.1 Å². The Hall–Kier alpha value is -1.76. The molecule has 1 saturated carbocycles. The van der Waals surface area contributed by atoms with Crippen molar-refractivity contribution in [1.82, 2.24) is 9.62 Å². The van der Waals surface area contributed by atoms with E-state index < -0.39 is 27.9 Å². The third kappa shape index (κ3) is 11.6. The summed E-state index contributed by atoms with van der Waals surface area (Å²) in [4.78, 5) is 25.1. The minimum Gasteiger partial charge on any atom is -0.548 e. The smallest absolute Gasteiger partial charge is 0.548 e. The second-order valence-corrected chi connectivity index (χ2v) is 14.5. The van der Waals surface area contributed by atoms with Gasteiger partial charge in [-0.1, -0.05) is 75.8 Å². The number of thioether (sulfide) groups is 1. The molecule has 232 valence electrons. The van der Waals surface area contributed by atoms with Crippen LogP contribution in [-0.2, 0) is 21.4 Å². The molecule has 1 N–H and O–H groups in total. The van der Waals surface area contributed by atoms with E-state index in [1.807, 2.05) is 50.4 Å². The van der Waals surface area contributed by atoms with E-state index >= 15 is 0 Å². The standard InChI is InChI=1S/C33H48N2O5S2.Li/c1-4-5-22-42(39,40)35(20-11-15-26-13-7-6-8-14-26)24-27-17-18-29(30(23-27)28-16-10-9-12-25(28)2)32(36)34-31(33(37)38)19-21-41-3;/h9-10,12,16-18,23,26,31H,4-8,11,13-15,19-22,24H2,1-3H3,(H,34,36)(H,37,38);/q;+1/p-1/t31-;/m0./s1. The summed E-state index contributed by atoms with van der Waals surface area (Å²) in [7, 11) is -3.45. The van der Waals surface area contributed by atoms with Crippen molar-refractivity contribution in [2.75, 3.05) is 24.3 Å². The summed E-state index contributed by atoms with van der Waals surface area (Å²) in [5.74, 6) is -0.419. The minimum atomic E-state index is -3.45. The number of benzene rings is 2. The Morgan fingerprint density at radius 1 is 1.07 bits per heavy atom. The van der Waals surface area contributed by atoms with Gasteiger partial charge in [0.2, 0.25) is 10.0 Å². The first kappa shape index (κ1) is 37.4. The zero-order valence-corrected chi connectivity index (χ0v) is 28.0. The molecule has 0 radical (unpaired) electrons. The molecule has 1 atom stereocenters. The van der Waals surface area contributed by atoms with Gasteiger partial charge in [-0.15, -0.1) is 0 Å². The molecule has 43 heavy (non-hydrogen) atoms. The number of unbranched alkanes of at least 4 members (excludes halogenated alkanes) is 1. The number of amides is 1. The summed E-state index contributed by atoms with van der Waals surface area (Å²) in [5, 5.41) is 14.4. The number of hydrogen-bond acceptors (Lipinski definition) is 6. The number of aliphatic carboxylic acids is 1. The predicted molar refractivity (Wildman–Crippen MR) is 171 cm³/mol. The Morgan fingerprint density at radius 3 is 2.44 bits per heavy atom. The quantitative estimate of drug-likeness (QED) is 0.272. The van der Waals surface area contributed by atoms with Gasteiger partial charge in [0.15, 0.2) is 0 Å². The van der Waals surface area contributed by atoms with Gasteiger partial charge in [-0.05, 0) is 84.9 Å². The van der Waals surface area contributed by atoms with Crippen molar-refractivity contribution in [2.45, 2.75) is 90.6 Å². The Kier molecular flexibility index (Phi) is 16.5. The molecule has 0 unspecified atom stereocenters. The van der Waals surface area contributed by atoms with E-state index in [2.05, 4.69) is 5.32 Å². The number of carboxylic acid groups (broad SMARTS) is 1. The molecular weight excluding hydrogens is 575 g/mol. The molecule has 0 aromatic heterocycles. The van der Waals surface area contributed by atoms with Gasteiger partial charge in [-0.25, -0.2) is 8.42 Å². The molecular formula is C33H47LiN2O5S2. The Labute approximate surface area is 275 Å². The topological polar surface area (TPSA) is 107 Å². The second-order valence-electron chi connectivity index (χ2n) is 11.5. The largest absolute Gasteiger partial charge is 1.00 e. The summed E-state index contributed by atoms with van der Waals surface area (Å²) in [6.07, 6.45) is 11.8. The van der Waals surface area contributed by atoms with Crippen LogP contribution in [-0.4, -0.2) is 54.9 Å². The van der Waals surface area contributed by atoms with Crippen LogP contribution in [0.5, 0.6) is 0 Å². The van der Waals surface area contributed by atoms with Gasteiger partial charge in [0.1, 0.15) is 0 Å². The van der Waals surface area contributed by atoms with Gasteiger partial charge < -0.3 is 15.2 Å². The van der Waals surface area contributed by atoms with Crippen LogP contribution >= 0.6 is 11.8 Å². The number of carbonyl (C=O) groups is 2. The van der Waals surface area contributed by atoms with Crippen LogP contribution in [0.25, 0.3) is 11.1 Å². The van der Waals surface area contributed by atoms with Crippen molar-refractivity contribution in [1.29, 1.82) is 0 Å². The SMILES string of the molecule is CCCCS(=O)(=O)N(CCCC1CCCCC1)Cc1ccc(C(=O)N[C@@H](CCSC)C(=O)[O-])c(-c2ccccc2C)c1.[Li+]. The molecule has 0 heterocycles. The van der Waals surface area contributed by atoms with Gasteiger partial charge >= 0.3 is 18.9 Å². The normalized spacial score (nSPS) is 14.7. The van der Waals surface area contributed by atoms with Gasteiger partial charge in [-0.2, -0.15) is 16.1 Å². The first-order valence-corrected chi connectivity index (χ1v) is 18.3. The number of hydrogen-bond donors (Lipinski definition) is 1. The number of nitrogens with one attached hydrogen (secondary N) is 1. The van der Waals surface area contributed by atoms with Gasteiger partial charge in [0, 0.05) is 18.7 Å². The summed E-state index contributed by atoms with van der Waals surface area (Å²) >= 11 is 1.50. The fourth-order valence-electron chi connectivity index (χ4n) is 5.71. The van der Waals surface area contributed by atoms with Crippen molar-refractivity contribution in [3.63, 3.8) is 0 Å². The molecule has 3 rings (SSSR count). The fourth-order valence-corrected chi connectivity index (χ4v) is 7.85. The molecule has 0 spiro atoms. The molecule has 1 amide bonds. The number of sulfonamides is 1. The molecule has 7 nitrogen and oxygen atoms in total. The van der Waals surface area contributed by atoms with E-state index in [4.69, 9.17) is 0 Å². The van der Waals surface area contributed by atoms with Gasteiger partial charge in [-0.3, -0.25) is 4.79 Å². The molecule has 2 aromatic carbocycles. The van der Waals surface area contributed by atoms with E-state index in [-0.39, 0.29) is 37.6 Å². The summed E-state index contributed by atoms with van der Waals surface area (Å²) in [6, 6.07) is 12.0. The van der Waals surface area contributed by atoms with E-state index in [1.54, 1.807) is 16.4 Å². The van der Waals surface area contributed by atoms with Crippen LogP contribution in [0.4, 0.5) is 0 Å². The maximum atomic E-state index is 13.4. The van der Waals surface area contributed by atoms with E-state index in [0.29, 0.717) is 35.8 Å².